The summed E-state index contributed by atoms with van der Waals surface area (Å²) in [6, 6.07) is 12.7. The van der Waals surface area contributed by atoms with Crippen molar-refractivity contribution < 1.29 is 24.0 Å². The third-order valence-electron chi connectivity index (χ3n) is 4.50. The second kappa shape index (κ2) is 8.62. The van der Waals surface area contributed by atoms with Crippen LogP contribution >= 0.6 is 0 Å². The first-order valence-electron chi connectivity index (χ1n) is 8.85. The summed E-state index contributed by atoms with van der Waals surface area (Å²) < 4.78 is 10.8. The van der Waals surface area contributed by atoms with Crippen LogP contribution in [0.25, 0.3) is 0 Å². The van der Waals surface area contributed by atoms with Crippen LogP contribution in [0, 0.1) is 17.0 Å². The van der Waals surface area contributed by atoms with Gasteiger partial charge in [0.2, 0.25) is 6.10 Å². The molecule has 0 spiro atoms. The summed E-state index contributed by atoms with van der Waals surface area (Å²) in [7, 11) is 0. The lowest BCUT2D eigenvalue weighted by Crippen LogP contribution is -2.44. The summed E-state index contributed by atoms with van der Waals surface area (Å²) in [5.41, 5.74) is 0.973. The number of esters is 1. The van der Waals surface area contributed by atoms with Gasteiger partial charge in [-0.1, -0.05) is 30.3 Å². The molecule has 1 saturated heterocycles. The van der Waals surface area contributed by atoms with E-state index in [-0.39, 0.29) is 17.2 Å². The lowest BCUT2D eigenvalue weighted by molar-refractivity contribution is -0.385. The zero-order valence-electron chi connectivity index (χ0n) is 15.4. The van der Waals surface area contributed by atoms with E-state index in [1.54, 1.807) is 42.2 Å². The third-order valence-corrected chi connectivity index (χ3v) is 4.50. The van der Waals surface area contributed by atoms with Gasteiger partial charge in [0.1, 0.15) is 0 Å². The number of hydrogen-bond donors (Lipinski definition) is 0. The SMILES string of the molecule is Cc1cc(C(=O)O[C@@H](C(=O)N2CCOCC2)c2ccccc2)ccc1[N+](=O)[O-]. The average molecular weight is 384 g/mol. The maximum Gasteiger partial charge on any atom is 0.339 e. The summed E-state index contributed by atoms with van der Waals surface area (Å²) >= 11 is 0. The number of rotatable bonds is 5. The maximum atomic E-state index is 13.0. The third kappa shape index (κ3) is 4.34. The van der Waals surface area contributed by atoms with Crippen molar-refractivity contribution in [1.29, 1.82) is 0 Å². The predicted molar refractivity (Wildman–Crippen MR) is 99.8 cm³/mol. The molecule has 8 nitrogen and oxygen atoms in total. The Morgan fingerprint density at radius 2 is 1.82 bits per heavy atom. The van der Waals surface area contributed by atoms with Gasteiger partial charge in [-0.15, -0.1) is 0 Å². The largest absolute Gasteiger partial charge is 0.444 e. The van der Waals surface area contributed by atoms with Crippen LogP contribution in [0.1, 0.15) is 27.6 Å². The Morgan fingerprint density at radius 1 is 1.14 bits per heavy atom. The average Bonchev–Trinajstić information content (AvgIpc) is 2.72. The van der Waals surface area contributed by atoms with Gasteiger partial charge in [-0.05, 0) is 19.1 Å². The number of ether oxygens (including phenoxy) is 2. The van der Waals surface area contributed by atoms with E-state index in [4.69, 9.17) is 9.47 Å². The van der Waals surface area contributed by atoms with Gasteiger partial charge in [-0.2, -0.15) is 0 Å². The Labute approximate surface area is 161 Å². The Balaban J connectivity index is 1.84. The molecule has 28 heavy (non-hydrogen) atoms. The van der Waals surface area contributed by atoms with Crippen LogP contribution in [0.2, 0.25) is 0 Å². The highest BCUT2D eigenvalue weighted by Gasteiger charge is 2.31. The van der Waals surface area contributed by atoms with E-state index in [1.807, 2.05) is 0 Å². The Morgan fingerprint density at radius 3 is 2.43 bits per heavy atom. The highest BCUT2D eigenvalue weighted by molar-refractivity contribution is 5.93. The van der Waals surface area contributed by atoms with E-state index >= 15 is 0 Å². The molecular formula is C20H20N2O6. The first-order valence-corrected chi connectivity index (χ1v) is 8.85. The smallest absolute Gasteiger partial charge is 0.339 e. The van der Waals surface area contributed by atoms with Crippen molar-refractivity contribution in [3.8, 4) is 0 Å². The fourth-order valence-electron chi connectivity index (χ4n) is 3.00. The van der Waals surface area contributed by atoms with E-state index in [0.29, 0.717) is 37.4 Å². The van der Waals surface area contributed by atoms with Gasteiger partial charge < -0.3 is 14.4 Å². The van der Waals surface area contributed by atoms with Crippen LogP contribution in [-0.2, 0) is 14.3 Å². The minimum absolute atomic E-state index is 0.0828. The molecule has 0 bridgehead atoms. The van der Waals surface area contributed by atoms with Crippen molar-refractivity contribution in [2.24, 2.45) is 0 Å². The van der Waals surface area contributed by atoms with E-state index in [1.165, 1.54) is 18.2 Å². The number of hydrogen-bond acceptors (Lipinski definition) is 6. The van der Waals surface area contributed by atoms with Crippen LogP contribution in [0.15, 0.2) is 48.5 Å². The number of aryl methyl sites for hydroxylation is 1. The standard InChI is InChI=1S/C20H20N2O6/c1-14-13-16(7-8-17(14)22(25)26)20(24)28-18(15-5-3-2-4-6-15)19(23)21-9-11-27-12-10-21/h2-8,13,18H,9-12H2,1H3/t18-/m1/s1. The summed E-state index contributed by atoms with van der Waals surface area (Å²) in [6.07, 6.45) is -1.10. The van der Waals surface area contributed by atoms with Crippen molar-refractivity contribution >= 4 is 17.6 Å². The second-order valence-electron chi connectivity index (χ2n) is 6.39. The number of nitrogens with zero attached hydrogens (tertiary/aromatic N) is 2. The number of morpholine rings is 1. The molecule has 3 rings (SSSR count). The lowest BCUT2D eigenvalue weighted by atomic mass is 10.1. The molecule has 2 aromatic rings. The van der Waals surface area contributed by atoms with E-state index in [0.717, 1.165) is 0 Å². The fourth-order valence-corrected chi connectivity index (χ4v) is 3.00. The quantitative estimate of drug-likeness (QED) is 0.446. The highest BCUT2D eigenvalue weighted by Crippen LogP contribution is 2.24. The highest BCUT2D eigenvalue weighted by atomic mass is 16.6. The van der Waals surface area contributed by atoms with E-state index in [9.17, 15) is 19.7 Å². The molecule has 0 radical (unpaired) electrons. The molecule has 1 aliphatic rings. The minimum Gasteiger partial charge on any atom is -0.444 e. The van der Waals surface area contributed by atoms with Crippen LogP contribution in [0.5, 0.6) is 0 Å². The van der Waals surface area contributed by atoms with Gasteiger partial charge in [-0.25, -0.2) is 4.79 Å². The fraction of sp³-hybridized carbons (Fsp3) is 0.300. The molecule has 1 fully saturated rings. The Hall–Kier alpha value is -3.26. The molecule has 8 heteroatoms. The van der Waals surface area contributed by atoms with Crippen molar-refractivity contribution in [3.05, 3.63) is 75.3 Å². The van der Waals surface area contributed by atoms with E-state index in [2.05, 4.69) is 0 Å². The number of amides is 1. The molecule has 146 valence electrons. The Kier molecular flexibility index (Phi) is 6.00. The lowest BCUT2D eigenvalue weighted by Gasteiger charge is -2.30. The molecule has 2 aromatic carbocycles. The second-order valence-corrected chi connectivity index (χ2v) is 6.39. The summed E-state index contributed by atoms with van der Waals surface area (Å²) in [4.78, 5) is 37.7. The first-order chi connectivity index (χ1) is 13.5. The molecule has 0 saturated carbocycles. The number of carbonyl (C=O) groups excluding carboxylic acids is 2. The van der Waals surface area contributed by atoms with Crippen molar-refractivity contribution in [2.45, 2.75) is 13.0 Å². The first kappa shape index (κ1) is 19.5. The number of benzene rings is 2. The summed E-state index contributed by atoms with van der Waals surface area (Å²) in [5, 5.41) is 11.0. The topological polar surface area (TPSA) is 99.0 Å². The minimum atomic E-state index is -1.10. The van der Waals surface area contributed by atoms with Crippen LogP contribution in [0.4, 0.5) is 5.69 Å². The molecule has 0 N–H and O–H groups in total. The zero-order chi connectivity index (χ0) is 20.1. The van der Waals surface area contributed by atoms with Crippen LogP contribution in [0.3, 0.4) is 0 Å². The van der Waals surface area contributed by atoms with Crippen molar-refractivity contribution in [3.63, 3.8) is 0 Å². The number of nitro benzene ring substituents is 1. The molecule has 1 heterocycles. The van der Waals surface area contributed by atoms with Gasteiger partial charge >= 0.3 is 5.97 Å². The molecular weight excluding hydrogens is 364 g/mol. The molecule has 1 amide bonds. The predicted octanol–water partition coefficient (Wildman–Crippen LogP) is 2.66. The normalized spacial score (nSPS) is 15.0. The van der Waals surface area contributed by atoms with Crippen molar-refractivity contribution in [1.82, 2.24) is 4.90 Å². The van der Waals surface area contributed by atoms with Gasteiger partial charge in [-0.3, -0.25) is 14.9 Å². The summed E-state index contributed by atoms with van der Waals surface area (Å²) in [6.45, 7) is 3.26. The molecule has 0 unspecified atom stereocenters. The van der Waals surface area contributed by atoms with Crippen LogP contribution in [-0.4, -0.2) is 48.0 Å². The monoisotopic (exact) mass is 384 g/mol. The van der Waals surface area contributed by atoms with Gasteiger partial charge in [0.15, 0.2) is 0 Å². The molecule has 0 aromatic heterocycles. The summed E-state index contributed by atoms with van der Waals surface area (Å²) in [5.74, 6) is -1.03. The van der Waals surface area contributed by atoms with Gasteiger partial charge in [0.25, 0.3) is 11.6 Å². The molecule has 0 aliphatic carbocycles. The zero-order valence-corrected chi connectivity index (χ0v) is 15.4. The molecule has 1 atom stereocenters. The molecule has 1 aliphatic heterocycles. The van der Waals surface area contributed by atoms with Gasteiger partial charge in [0, 0.05) is 30.3 Å². The number of nitro groups is 1. The van der Waals surface area contributed by atoms with Crippen LogP contribution < -0.4 is 0 Å². The maximum absolute atomic E-state index is 13.0. The Bertz CT molecular complexity index is 878. The van der Waals surface area contributed by atoms with E-state index < -0.39 is 17.0 Å². The number of carbonyl (C=O) groups is 2. The van der Waals surface area contributed by atoms with Crippen molar-refractivity contribution in [2.75, 3.05) is 26.3 Å². The van der Waals surface area contributed by atoms with Gasteiger partial charge in [0.05, 0.1) is 23.7 Å².